The molecule has 0 spiro atoms. The number of aryl methyl sites for hydroxylation is 1. The normalized spacial score (nSPS) is 14.4. The molecule has 1 saturated heterocycles. The van der Waals surface area contributed by atoms with Crippen molar-refractivity contribution in [2.75, 3.05) is 33.4 Å². The van der Waals surface area contributed by atoms with Gasteiger partial charge < -0.3 is 23.7 Å². The molecule has 4 rings (SSSR count). The number of morpholine rings is 1. The van der Waals surface area contributed by atoms with E-state index in [0.717, 1.165) is 10.9 Å². The smallest absolute Gasteiger partial charge is 0.257 e. The predicted molar refractivity (Wildman–Crippen MR) is 101 cm³/mol. The first kappa shape index (κ1) is 17.4. The number of nitrogens with zero attached hydrogens (tertiary/aromatic N) is 3. The highest BCUT2D eigenvalue weighted by Gasteiger charge is 2.23. The predicted octanol–water partition coefficient (Wildman–Crippen LogP) is 2.85. The molecule has 1 aliphatic rings. The van der Waals surface area contributed by atoms with Crippen molar-refractivity contribution >= 4 is 16.8 Å². The molecule has 1 aromatic carbocycles. The maximum Gasteiger partial charge on any atom is 0.257 e. The summed E-state index contributed by atoms with van der Waals surface area (Å²) in [4.78, 5) is 19.2. The Balaban J connectivity index is 1.71. The summed E-state index contributed by atoms with van der Waals surface area (Å²) in [5.74, 6) is 1.75. The minimum Gasteiger partial charge on any atom is -0.497 e. The number of rotatable bonds is 4. The monoisotopic (exact) mass is 367 g/mol. The van der Waals surface area contributed by atoms with E-state index in [2.05, 4.69) is 4.98 Å². The highest BCUT2D eigenvalue weighted by Crippen LogP contribution is 2.32. The lowest BCUT2D eigenvalue weighted by Gasteiger charge is -2.27. The molecule has 1 fully saturated rings. The molecule has 2 aromatic heterocycles. The van der Waals surface area contributed by atoms with Gasteiger partial charge in [0, 0.05) is 38.6 Å². The molecule has 7 heteroatoms. The van der Waals surface area contributed by atoms with E-state index in [9.17, 15) is 4.79 Å². The maximum atomic E-state index is 13.0. The van der Waals surface area contributed by atoms with E-state index < -0.39 is 0 Å². The third-order valence-corrected chi connectivity index (χ3v) is 4.65. The maximum absolute atomic E-state index is 13.0. The summed E-state index contributed by atoms with van der Waals surface area (Å²) >= 11 is 0. The number of hydrogen-bond donors (Lipinski definition) is 0. The number of aromatic nitrogens is 2. The number of carbonyl (C=O) groups is 1. The molecule has 140 valence electrons. The van der Waals surface area contributed by atoms with Crippen LogP contribution in [0.1, 0.15) is 10.4 Å². The van der Waals surface area contributed by atoms with Gasteiger partial charge in [-0.05, 0) is 18.2 Å². The fourth-order valence-electron chi connectivity index (χ4n) is 3.24. The number of fused-ring (bicyclic) bond motifs is 1. The molecule has 0 bridgehead atoms. The molecule has 0 N–H and O–H groups in total. The summed E-state index contributed by atoms with van der Waals surface area (Å²) in [6.07, 6.45) is 3.50. The highest BCUT2D eigenvalue weighted by molar-refractivity contribution is 6.06. The zero-order valence-electron chi connectivity index (χ0n) is 15.3. The highest BCUT2D eigenvalue weighted by atomic mass is 16.5. The van der Waals surface area contributed by atoms with E-state index in [1.165, 1.54) is 0 Å². The molecule has 7 nitrogen and oxygen atoms in total. The van der Waals surface area contributed by atoms with Crippen molar-refractivity contribution in [1.29, 1.82) is 0 Å². The van der Waals surface area contributed by atoms with Crippen LogP contribution >= 0.6 is 0 Å². The lowest BCUT2D eigenvalue weighted by Crippen LogP contribution is -2.40. The van der Waals surface area contributed by atoms with Crippen LogP contribution in [0, 0.1) is 0 Å². The van der Waals surface area contributed by atoms with Crippen molar-refractivity contribution in [2.45, 2.75) is 0 Å². The zero-order valence-corrected chi connectivity index (χ0v) is 15.3. The second-order valence-corrected chi connectivity index (χ2v) is 6.35. The summed E-state index contributed by atoms with van der Waals surface area (Å²) in [6, 6.07) is 9.25. The van der Waals surface area contributed by atoms with Gasteiger partial charge in [-0.1, -0.05) is 6.07 Å². The molecule has 1 aliphatic heterocycles. The fraction of sp³-hybridized carbons (Fsp3) is 0.300. The van der Waals surface area contributed by atoms with Gasteiger partial charge >= 0.3 is 0 Å². The van der Waals surface area contributed by atoms with Gasteiger partial charge in [-0.3, -0.25) is 4.79 Å². The Kier molecular flexibility index (Phi) is 4.68. The first-order chi connectivity index (χ1) is 13.2. The van der Waals surface area contributed by atoms with Crippen molar-refractivity contribution in [3.05, 3.63) is 48.3 Å². The standard InChI is InChI=1S/C20H21N3O4/c1-22-7-6-16-18(22)17(20(24)23-8-10-26-11-9-23)13-21-19(16)27-15-5-3-4-14(12-15)25-2/h3-7,12-13H,8-11H2,1-2H3. The van der Waals surface area contributed by atoms with E-state index in [0.29, 0.717) is 49.2 Å². The Hall–Kier alpha value is -3.06. The van der Waals surface area contributed by atoms with Gasteiger partial charge in [0.05, 0.1) is 36.8 Å². The first-order valence-electron chi connectivity index (χ1n) is 8.80. The van der Waals surface area contributed by atoms with Gasteiger partial charge in [0.2, 0.25) is 5.88 Å². The molecular weight excluding hydrogens is 346 g/mol. The van der Waals surface area contributed by atoms with Gasteiger partial charge in [0.25, 0.3) is 5.91 Å². The Morgan fingerprint density at radius 1 is 1.19 bits per heavy atom. The van der Waals surface area contributed by atoms with Crippen LogP contribution in [0.25, 0.3) is 10.9 Å². The van der Waals surface area contributed by atoms with Crippen LogP contribution in [-0.2, 0) is 11.8 Å². The SMILES string of the molecule is COc1cccc(Oc2ncc(C(=O)N3CCOCC3)c3c2ccn3C)c1. The minimum atomic E-state index is -0.0365. The quantitative estimate of drug-likeness (QED) is 0.709. The molecule has 0 saturated carbocycles. The van der Waals surface area contributed by atoms with Crippen LogP contribution in [0.5, 0.6) is 17.4 Å². The number of carbonyl (C=O) groups excluding carboxylic acids is 1. The van der Waals surface area contributed by atoms with Crippen LogP contribution in [0.3, 0.4) is 0 Å². The van der Waals surface area contributed by atoms with Crippen LogP contribution < -0.4 is 9.47 Å². The number of methoxy groups -OCH3 is 1. The molecule has 0 atom stereocenters. The molecule has 0 aliphatic carbocycles. The van der Waals surface area contributed by atoms with Gasteiger partial charge in [-0.15, -0.1) is 0 Å². The average Bonchev–Trinajstić information content (AvgIpc) is 3.11. The third-order valence-electron chi connectivity index (χ3n) is 4.65. The van der Waals surface area contributed by atoms with Gasteiger partial charge in [0.1, 0.15) is 11.5 Å². The molecular formula is C20H21N3O4. The van der Waals surface area contributed by atoms with Crippen molar-refractivity contribution in [3.63, 3.8) is 0 Å². The number of amides is 1. The third kappa shape index (κ3) is 3.33. The van der Waals surface area contributed by atoms with Gasteiger partial charge in [-0.2, -0.15) is 0 Å². The van der Waals surface area contributed by atoms with E-state index in [4.69, 9.17) is 14.2 Å². The molecule has 27 heavy (non-hydrogen) atoms. The van der Waals surface area contributed by atoms with Crippen molar-refractivity contribution in [2.24, 2.45) is 7.05 Å². The van der Waals surface area contributed by atoms with Crippen LogP contribution in [0.15, 0.2) is 42.7 Å². The van der Waals surface area contributed by atoms with Gasteiger partial charge in [0.15, 0.2) is 0 Å². The number of ether oxygens (including phenoxy) is 3. The van der Waals surface area contributed by atoms with Gasteiger partial charge in [-0.25, -0.2) is 4.98 Å². The molecule has 1 amide bonds. The number of benzene rings is 1. The van der Waals surface area contributed by atoms with E-state index in [1.807, 2.05) is 42.1 Å². The summed E-state index contributed by atoms with van der Waals surface area (Å²) in [6.45, 7) is 2.30. The average molecular weight is 367 g/mol. The fourth-order valence-corrected chi connectivity index (χ4v) is 3.24. The van der Waals surface area contributed by atoms with E-state index in [1.54, 1.807) is 24.3 Å². The first-order valence-corrected chi connectivity index (χ1v) is 8.80. The Bertz CT molecular complexity index is 977. The molecule has 3 heterocycles. The Labute approximate surface area is 157 Å². The summed E-state index contributed by atoms with van der Waals surface area (Å²) in [5, 5.41) is 0.791. The van der Waals surface area contributed by atoms with E-state index >= 15 is 0 Å². The van der Waals surface area contributed by atoms with Crippen LogP contribution in [-0.4, -0.2) is 53.8 Å². The van der Waals surface area contributed by atoms with Crippen LogP contribution in [0.4, 0.5) is 0 Å². The summed E-state index contributed by atoms with van der Waals surface area (Å²) in [5.41, 5.74) is 1.37. The van der Waals surface area contributed by atoms with Crippen molar-refractivity contribution < 1.29 is 19.0 Å². The number of hydrogen-bond acceptors (Lipinski definition) is 5. The topological polar surface area (TPSA) is 65.8 Å². The lowest BCUT2D eigenvalue weighted by atomic mass is 10.1. The molecule has 0 unspecified atom stereocenters. The molecule has 0 radical (unpaired) electrons. The lowest BCUT2D eigenvalue weighted by molar-refractivity contribution is 0.0303. The van der Waals surface area contributed by atoms with E-state index in [-0.39, 0.29) is 5.91 Å². The Morgan fingerprint density at radius 2 is 1.96 bits per heavy atom. The largest absolute Gasteiger partial charge is 0.497 e. The second-order valence-electron chi connectivity index (χ2n) is 6.35. The van der Waals surface area contributed by atoms with Crippen LogP contribution in [0.2, 0.25) is 0 Å². The Morgan fingerprint density at radius 3 is 2.74 bits per heavy atom. The van der Waals surface area contributed by atoms with Crippen molar-refractivity contribution in [3.8, 4) is 17.4 Å². The minimum absolute atomic E-state index is 0.0365. The number of pyridine rings is 1. The summed E-state index contributed by atoms with van der Waals surface area (Å²) in [7, 11) is 3.52. The molecule has 3 aromatic rings. The zero-order chi connectivity index (χ0) is 18.8. The summed E-state index contributed by atoms with van der Waals surface area (Å²) < 4.78 is 18.5. The second kappa shape index (κ2) is 7.28. The van der Waals surface area contributed by atoms with Crippen molar-refractivity contribution in [1.82, 2.24) is 14.5 Å².